The van der Waals surface area contributed by atoms with Crippen molar-refractivity contribution in [2.45, 2.75) is 25.9 Å². The average Bonchev–Trinajstić information content (AvgIpc) is 3.41. The molecule has 0 spiro atoms. The maximum Gasteiger partial charge on any atom is 0.333 e. The van der Waals surface area contributed by atoms with Crippen molar-refractivity contribution >= 4 is 27.4 Å². The Morgan fingerprint density at radius 2 is 2.00 bits per heavy atom. The molecule has 0 amide bonds. The number of aliphatic carboxylic acids is 1. The molecule has 0 fully saturated rings. The summed E-state index contributed by atoms with van der Waals surface area (Å²) in [5.41, 5.74) is 2.76. The third kappa shape index (κ3) is 4.62. The van der Waals surface area contributed by atoms with Crippen molar-refractivity contribution in [3.63, 3.8) is 0 Å². The molecule has 0 aliphatic rings. The summed E-state index contributed by atoms with van der Waals surface area (Å²) in [6, 6.07) is 15.6. The number of aromatic nitrogens is 1. The van der Waals surface area contributed by atoms with E-state index >= 15 is 0 Å². The van der Waals surface area contributed by atoms with Crippen LogP contribution in [-0.2, 0) is 22.4 Å². The minimum atomic E-state index is -0.967. The number of hydrogen-bond acceptors (Lipinski definition) is 6. The molecule has 0 saturated carbocycles. The third-order valence-electron chi connectivity index (χ3n) is 5.13. The summed E-state index contributed by atoms with van der Waals surface area (Å²) < 4.78 is 18.0. The Bertz CT molecular complexity index is 1180. The van der Waals surface area contributed by atoms with Gasteiger partial charge < -0.3 is 19.0 Å². The van der Waals surface area contributed by atoms with Gasteiger partial charge in [0.15, 0.2) is 6.10 Å². The summed E-state index contributed by atoms with van der Waals surface area (Å²) in [7, 11) is 1.41. The van der Waals surface area contributed by atoms with Gasteiger partial charge in [0.25, 0.3) is 0 Å². The number of rotatable bonds is 9. The quantitative estimate of drug-likeness (QED) is 0.391. The van der Waals surface area contributed by atoms with Gasteiger partial charge in [0.2, 0.25) is 5.89 Å². The van der Waals surface area contributed by atoms with Crippen LogP contribution in [0.3, 0.4) is 0 Å². The Morgan fingerprint density at radius 3 is 2.74 bits per heavy atom. The highest BCUT2D eigenvalue weighted by Crippen LogP contribution is 2.34. The number of hydrogen-bond donors (Lipinski definition) is 1. The minimum Gasteiger partial charge on any atom is -0.493 e. The lowest BCUT2D eigenvalue weighted by Crippen LogP contribution is -2.24. The SMILES string of the molecule is CO[C@@H](Cc1ccc(OCCc2nc(-c3ccccc3)oc2C)c2ccsc12)C(=O)O. The number of methoxy groups -OCH3 is 1. The fourth-order valence-corrected chi connectivity index (χ4v) is 4.41. The molecule has 4 aromatic rings. The van der Waals surface area contributed by atoms with Crippen molar-refractivity contribution in [1.82, 2.24) is 4.98 Å². The fraction of sp³-hybridized carbons (Fsp3) is 0.250. The highest BCUT2D eigenvalue weighted by atomic mass is 32.1. The second-order valence-electron chi connectivity index (χ2n) is 7.14. The number of oxazole rings is 1. The topological polar surface area (TPSA) is 81.8 Å². The Kier molecular flexibility index (Phi) is 6.34. The Balaban J connectivity index is 1.46. The Hall–Kier alpha value is -3.16. The summed E-state index contributed by atoms with van der Waals surface area (Å²) >= 11 is 1.57. The monoisotopic (exact) mass is 437 g/mol. The maximum atomic E-state index is 11.3. The smallest absolute Gasteiger partial charge is 0.333 e. The summed E-state index contributed by atoms with van der Waals surface area (Å²) in [4.78, 5) is 15.9. The molecule has 4 rings (SSSR count). The molecule has 0 saturated heterocycles. The van der Waals surface area contributed by atoms with Crippen LogP contribution in [0.15, 0.2) is 58.3 Å². The Morgan fingerprint density at radius 1 is 1.19 bits per heavy atom. The maximum absolute atomic E-state index is 11.3. The van der Waals surface area contributed by atoms with E-state index in [2.05, 4.69) is 4.98 Å². The molecule has 31 heavy (non-hydrogen) atoms. The predicted molar refractivity (Wildman–Crippen MR) is 120 cm³/mol. The number of fused-ring (bicyclic) bond motifs is 1. The van der Waals surface area contributed by atoms with E-state index in [0.717, 1.165) is 38.4 Å². The van der Waals surface area contributed by atoms with Gasteiger partial charge in [-0.25, -0.2) is 9.78 Å². The van der Waals surface area contributed by atoms with Crippen LogP contribution in [0.2, 0.25) is 0 Å². The molecule has 1 atom stereocenters. The van der Waals surface area contributed by atoms with Gasteiger partial charge in [-0.2, -0.15) is 0 Å². The zero-order valence-electron chi connectivity index (χ0n) is 17.3. The van der Waals surface area contributed by atoms with Gasteiger partial charge in [0, 0.05) is 35.6 Å². The van der Waals surface area contributed by atoms with E-state index in [1.807, 2.05) is 60.8 Å². The normalized spacial score (nSPS) is 12.2. The third-order valence-corrected chi connectivity index (χ3v) is 6.12. The molecule has 0 radical (unpaired) electrons. The lowest BCUT2D eigenvalue weighted by atomic mass is 10.1. The van der Waals surface area contributed by atoms with Crippen molar-refractivity contribution in [3.8, 4) is 17.2 Å². The molecule has 2 aromatic carbocycles. The van der Waals surface area contributed by atoms with Gasteiger partial charge in [-0.05, 0) is 42.1 Å². The molecular formula is C24H23NO5S. The van der Waals surface area contributed by atoms with Crippen LogP contribution in [0.1, 0.15) is 17.0 Å². The highest BCUT2D eigenvalue weighted by Gasteiger charge is 2.19. The number of carbonyl (C=O) groups is 1. The van der Waals surface area contributed by atoms with Gasteiger partial charge in [-0.15, -0.1) is 11.3 Å². The van der Waals surface area contributed by atoms with E-state index in [-0.39, 0.29) is 0 Å². The summed E-state index contributed by atoms with van der Waals surface area (Å²) in [5.74, 6) is 1.21. The number of carboxylic acids is 1. The van der Waals surface area contributed by atoms with E-state index in [0.29, 0.717) is 25.3 Å². The van der Waals surface area contributed by atoms with Crippen molar-refractivity contribution in [1.29, 1.82) is 0 Å². The molecule has 0 aliphatic carbocycles. The van der Waals surface area contributed by atoms with E-state index < -0.39 is 12.1 Å². The molecule has 7 heteroatoms. The number of thiophene rings is 1. The first-order valence-corrected chi connectivity index (χ1v) is 10.8. The van der Waals surface area contributed by atoms with E-state index in [1.165, 1.54) is 7.11 Å². The summed E-state index contributed by atoms with van der Waals surface area (Å²) in [5, 5.41) is 12.2. The van der Waals surface area contributed by atoms with Crippen LogP contribution in [0.5, 0.6) is 5.75 Å². The second-order valence-corrected chi connectivity index (χ2v) is 8.06. The first-order valence-electron chi connectivity index (χ1n) is 9.96. The van der Waals surface area contributed by atoms with E-state index in [4.69, 9.17) is 13.9 Å². The molecule has 2 heterocycles. The number of aryl methyl sites for hydroxylation is 1. The van der Waals surface area contributed by atoms with Crippen molar-refractivity contribution in [2.24, 2.45) is 0 Å². The largest absolute Gasteiger partial charge is 0.493 e. The van der Waals surface area contributed by atoms with Gasteiger partial charge in [-0.1, -0.05) is 24.3 Å². The average molecular weight is 438 g/mol. The lowest BCUT2D eigenvalue weighted by Gasteiger charge is -2.13. The first-order chi connectivity index (χ1) is 15.1. The van der Waals surface area contributed by atoms with Crippen molar-refractivity contribution in [2.75, 3.05) is 13.7 Å². The molecule has 0 bridgehead atoms. The van der Waals surface area contributed by atoms with Gasteiger partial charge in [-0.3, -0.25) is 0 Å². The van der Waals surface area contributed by atoms with Crippen LogP contribution < -0.4 is 4.74 Å². The number of ether oxygens (including phenoxy) is 2. The first kappa shape index (κ1) is 21.1. The zero-order valence-corrected chi connectivity index (χ0v) is 18.1. The van der Waals surface area contributed by atoms with Gasteiger partial charge in [0.05, 0.1) is 12.3 Å². The summed E-state index contributed by atoms with van der Waals surface area (Å²) in [6.07, 6.45) is 0.0649. The van der Waals surface area contributed by atoms with Crippen LogP contribution in [-0.4, -0.2) is 35.9 Å². The zero-order chi connectivity index (χ0) is 21.8. The lowest BCUT2D eigenvalue weighted by molar-refractivity contribution is -0.148. The summed E-state index contributed by atoms with van der Waals surface area (Å²) in [6.45, 7) is 2.37. The molecule has 0 unspecified atom stereocenters. The van der Waals surface area contributed by atoms with Crippen LogP contribution in [0, 0.1) is 6.92 Å². The van der Waals surface area contributed by atoms with Crippen molar-refractivity contribution < 1.29 is 23.8 Å². The van der Waals surface area contributed by atoms with Crippen LogP contribution >= 0.6 is 11.3 Å². The molecule has 0 aliphatic heterocycles. The van der Waals surface area contributed by atoms with Gasteiger partial charge >= 0.3 is 5.97 Å². The predicted octanol–water partition coefficient (Wildman–Crippen LogP) is 5.13. The highest BCUT2D eigenvalue weighted by molar-refractivity contribution is 7.17. The van der Waals surface area contributed by atoms with Crippen molar-refractivity contribution in [3.05, 3.63) is 70.9 Å². The van der Waals surface area contributed by atoms with Crippen LogP contribution in [0.4, 0.5) is 0 Å². The fourth-order valence-electron chi connectivity index (χ4n) is 3.47. The van der Waals surface area contributed by atoms with E-state index in [1.54, 1.807) is 11.3 Å². The second kappa shape index (κ2) is 9.32. The molecular weight excluding hydrogens is 414 g/mol. The molecule has 160 valence electrons. The minimum absolute atomic E-state index is 0.309. The van der Waals surface area contributed by atoms with Crippen LogP contribution in [0.25, 0.3) is 21.5 Å². The standard InChI is InChI=1S/C24H23NO5S/c1-15-19(25-23(30-15)16-6-4-3-5-7-16)10-12-29-20-9-8-17(14-21(28-2)24(26)27)22-18(20)11-13-31-22/h3-9,11,13,21H,10,12,14H2,1-2H3,(H,26,27)/t21-/m0/s1. The van der Waals surface area contributed by atoms with Gasteiger partial charge in [0.1, 0.15) is 11.5 Å². The molecule has 2 aromatic heterocycles. The van der Waals surface area contributed by atoms with E-state index in [9.17, 15) is 9.90 Å². The number of benzene rings is 2. The number of nitrogens with zero attached hydrogens (tertiary/aromatic N) is 1. The molecule has 6 nitrogen and oxygen atoms in total. The number of carboxylic acid groups (broad SMARTS) is 1. The molecule has 1 N–H and O–H groups in total. The Labute approximate surface area is 184 Å².